The van der Waals surface area contributed by atoms with E-state index in [2.05, 4.69) is 0 Å². The first kappa shape index (κ1) is 14.1. The van der Waals surface area contributed by atoms with Gasteiger partial charge in [-0.3, -0.25) is 0 Å². The zero-order valence-corrected chi connectivity index (χ0v) is 11.1. The fourth-order valence-corrected chi connectivity index (χ4v) is 2.99. The van der Waals surface area contributed by atoms with Crippen molar-refractivity contribution in [3.63, 3.8) is 0 Å². The summed E-state index contributed by atoms with van der Waals surface area (Å²) in [5, 5.41) is 8.80. The fourth-order valence-electron chi connectivity index (χ4n) is 1.23. The molecule has 0 unspecified atom stereocenters. The standard InChI is InChI=1S/C11H14O4S2/c1-17(14,15)7-3-6-16-10-5-2-4-9(8-10)11(12)13/h2,4-5,8H,3,6-7H2,1H3,(H,12,13). The molecule has 0 spiro atoms. The maximum atomic E-state index is 10.9. The Balaban J connectivity index is 2.47. The van der Waals surface area contributed by atoms with Crippen LogP contribution in [-0.4, -0.2) is 37.3 Å². The van der Waals surface area contributed by atoms with Crippen LogP contribution in [0.5, 0.6) is 0 Å². The van der Waals surface area contributed by atoms with Gasteiger partial charge in [0.05, 0.1) is 11.3 Å². The van der Waals surface area contributed by atoms with Gasteiger partial charge in [-0.1, -0.05) is 6.07 Å². The third-order valence-corrected chi connectivity index (χ3v) is 4.12. The largest absolute Gasteiger partial charge is 0.478 e. The van der Waals surface area contributed by atoms with Gasteiger partial charge in [-0.25, -0.2) is 13.2 Å². The molecule has 0 aromatic heterocycles. The highest BCUT2D eigenvalue weighted by Gasteiger charge is 2.05. The van der Waals surface area contributed by atoms with Gasteiger partial charge in [-0.05, 0) is 30.4 Å². The molecule has 6 heteroatoms. The molecular weight excluding hydrogens is 260 g/mol. The Morgan fingerprint density at radius 2 is 2.12 bits per heavy atom. The molecule has 0 bridgehead atoms. The lowest BCUT2D eigenvalue weighted by Crippen LogP contribution is -2.03. The summed E-state index contributed by atoms with van der Waals surface area (Å²) in [5.74, 6) is -0.127. The van der Waals surface area contributed by atoms with Gasteiger partial charge < -0.3 is 5.11 Å². The zero-order valence-electron chi connectivity index (χ0n) is 9.42. The number of rotatable bonds is 6. The summed E-state index contributed by atoms with van der Waals surface area (Å²) in [4.78, 5) is 11.6. The average molecular weight is 274 g/mol. The van der Waals surface area contributed by atoms with Gasteiger partial charge >= 0.3 is 5.97 Å². The molecule has 17 heavy (non-hydrogen) atoms. The van der Waals surface area contributed by atoms with E-state index in [1.54, 1.807) is 12.1 Å². The molecule has 4 nitrogen and oxygen atoms in total. The molecule has 0 aliphatic carbocycles. The summed E-state index contributed by atoms with van der Waals surface area (Å²) in [7, 11) is -2.91. The van der Waals surface area contributed by atoms with Crippen LogP contribution in [0.1, 0.15) is 16.8 Å². The van der Waals surface area contributed by atoms with E-state index in [4.69, 9.17) is 5.11 Å². The molecule has 1 aromatic rings. The van der Waals surface area contributed by atoms with Gasteiger partial charge in [-0.15, -0.1) is 11.8 Å². The van der Waals surface area contributed by atoms with E-state index in [0.717, 1.165) is 4.90 Å². The van der Waals surface area contributed by atoms with Crippen molar-refractivity contribution in [1.82, 2.24) is 0 Å². The summed E-state index contributed by atoms with van der Waals surface area (Å²) in [6.45, 7) is 0. The first-order chi connectivity index (χ1) is 7.88. The van der Waals surface area contributed by atoms with Crippen molar-refractivity contribution in [3.8, 4) is 0 Å². The Morgan fingerprint density at radius 1 is 1.41 bits per heavy atom. The SMILES string of the molecule is CS(=O)(=O)CCCSc1cccc(C(=O)O)c1. The number of thioether (sulfide) groups is 1. The van der Waals surface area contributed by atoms with Gasteiger partial charge in [0.1, 0.15) is 9.84 Å². The first-order valence-electron chi connectivity index (χ1n) is 5.02. The van der Waals surface area contributed by atoms with Crippen molar-refractivity contribution in [2.75, 3.05) is 17.8 Å². The van der Waals surface area contributed by atoms with Crippen molar-refractivity contribution in [2.24, 2.45) is 0 Å². The minimum atomic E-state index is -2.91. The van der Waals surface area contributed by atoms with Gasteiger partial charge in [-0.2, -0.15) is 0 Å². The third-order valence-electron chi connectivity index (χ3n) is 2.01. The number of sulfone groups is 1. The molecule has 0 heterocycles. The Kier molecular flexibility index (Phi) is 5.02. The first-order valence-corrected chi connectivity index (χ1v) is 8.07. The third kappa shape index (κ3) is 5.74. The van der Waals surface area contributed by atoms with Crippen molar-refractivity contribution < 1.29 is 18.3 Å². The van der Waals surface area contributed by atoms with Crippen LogP contribution in [0.4, 0.5) is 0 Å². The highest BCUT2D eigenvalue weighted by atomic mass is 32.2. The van der Waals surface area contributed by atoms with Crippen LogP contribution in [-0.2, 0) is 9.84 Å². The molecule has 94 valence electrons. The van der Waals surface area contributed by atoms with Crippen LogP contribution in [0.25, 0.3) is 0 Å². The van der Waals surface area contributed by atoms with E-state index in [1.165, 1.54) is 24.1 Å². The summed E-state index contributed by atoms with van der Waals surface area (Å²) in [6.07, 6.45) is 1.78. The van der Waals surface area contributed by atoms with Crippen LogP contribution in [0, 0.1) is 0 Å². The van der Waals surface area contributed by atoms with E-state index in [9.17, 15) is 13.2 Å². The van der Waals surface area contributed by atoms with E-state index < -0.39 is 15.8 Å². The normalized spacial score (nSPS) is 11.4. The van der Waals surface area contributed by atoms with E-state index in [0.29, 0.717) is 12.2 Å². The Labute approximate surface area is 105 Å². The molecule has 0 aliphatic rings. The summed E-state index contributed by atoms with van der Waals surface area (Å²) < 4.78 is 21.8. The van der Waals surface area contributed by atoms with Crippen LogP contribution in [0.15, 0.2) is 29.2 Å². The highest BCUT2D eigenvalue weighted by molar-refractivity contribution is 7.99. The predicted octanol–water partition coefficient (Wildman–Crippen LogP) is 1.91. The lowest BCUT2D eigenvalue weighted by Gasteiger charge is -2.02. The van der Waals surface area contributed by atoms with Crippen LogP contribution < -0.4 is 0 Å². The maximum Gasteiger partial charge on any atom is 0.335 e. The second kappa shape index (κ2) is 6.07. The van der Waals surface area contributed by atoms with Crippen molar-refractivity contribution in [1.29, 1.82) is 0 Å². The number of carboxylic acid groups (broad SMARTS) is 1. The molecule has 0 amide bonds. The summed E-state index contributed by atoms with van der Waals surface area (Å²) >= 11 is 1.46. The van der Waals surface area contributed by atoms with Crippen molar-refractivity contribution in [2.45, 2.75) is 11.3 Å². The average Bonchev–Trinajstić information content (AvgIpc) is 2.23. The second-order valence-corrected chi connectivity index (χ2v) is 7.09. The lowest BCUT2D eigenvalue weighted by molar-refractivity contribution is 0.0696. The maximum absolute atomic E-state index is 10.9. The number of carboxylic acids is 1. The molecular formula is C11H14O4S2. The molecule has 1 aromatic carbocycles. The molecule has 0 aliphatic heterocycles. The van der Waals surface area contributed by atoms with Gasteiger partial charge in [0.2, 0.25) is 0 Å². The molecule has 0 atom stereocenters. The Morgan fingerprint density at radius 3 is 2.71 bits per heavy atom. The number of hydrogen-bond donors (Lipinski definition) is 1. The van der Waals surface area contributed by atoms with Crippen molar-refractivity contribution >= 4 is 27.6 Å². The minimum absolute atomic E-state index is 0.165. The van der Waals surface area contributed by atoms with Crippen molar-refractivity contribution in [3.05, 3.63) is 29.8 Å². The smallest absolute Gasteiger partial charge is 0.335 e. The molecule has 1 N–H and O–H groups in total. The molecule has 1 rings (SSSR count). The Bertz CT molecular complexity index is 494. The predicted molar refractivity (Wildman–Crippen MR) is 68.5 cm³/mol. The zero-order chi connectivity index (χ0) is 12.9. The van der Waals surface area contributed by atoms with E-state index >= 15 is 0 Å². The van der Waals surface area contributed by atoms with E-state index in [-0.39, 0.29) is 11.3 Å². The number of hydrogen-bond acceptors (Lipinski definition) is 4. The quantitative estimate of drug-likeness (QED) is 0.634. The van der Waals surface area contributed by atoms with Crippen LogP contribution in [0.2, 0.25) is 0 Å². The highest BCUT2D eigenvalue weighted by Crippen LogP contribution is 2.20. The fraction of sp³-hybridized carbons (Fsp3) is 0.364. The number of aromatic carboxylic acids is 1. The monoisotopic (exact) mass is 274 g/mol. The Hall–Kier alpha value is -1.01. The minimum Gasteiger partial charge on any atom is -0.478 e. The molecule has 0 fully saturated rings. The van der Waals surface area contributed by atoms with Gasteiger partial charge in [0.15, 0.2) is 0 Å². The lowest BCUT2D eigenvalue weighted by atomic mass is 10.2. The van der Waals surface area contributed by atoms with Gasteiger partial charge in [0.25, 0.3) is 0 Å². The number of carbonyl (C=O) groups is 1. The van der Waals surface area contributed by atoms with Crippen LogP contribution >= 0.6 is 11.8 Å². The molecule has 0 saturated carbocycles. The van der Waals surface area contributed by atoms with E-state index in [1.807, 2.05) is 6.07 Å². The molecule has 0 radical (unpaired) electrons. The van der Waals surface area contributed by atoms with Gasteiger partial charge in [0, 0.05) is 11.2 Å². The topological polar surface area (TPSA) is 71.4 Å². The molecule has 0 saturated heterocycles. The summed E-state index contributed by atoms with van der Waals surface area (Å²) in [5.41, 5.74) is 0.248. The number of benzene rings is 1. The van der Waals surface area contributed by atoms with Crippen LogP contribution in [0.3, 0.4) is 0 Å². The summed E-state index contributed by atoms with van der Waals surface area (Å²) in [6, 6.07) is 6.62. The second-order valence-electron chi connectivity index (χ2n) is 3.66.